The van der Waals surface area contributed by atoms with Crippen molar-refractivity contribution in [2.24, 2.45) is 0 Å². The molecule has 0 bridgehead atoms. The van der Waals surface area contributed by atoms with Crippen LogP contribution in [0, 0.1) is 6.92 Å². The van der Waals surface area contributed by atoms with E-state index in [2.05, 4.69) is 39.9 Å². The summed E-state index contributed by atoms with van der Waals surface area (Å²) < 4.78 is 2.89. The topological polar surface area (TPSA) is 30.2 Å². The predicted octanol–water partition coefficient (Wildman–Crippen LogP) is 2.75. The van der Waals surface area contributed by atoms with Gasteiger partial charge in [-0.3, -0.25) is 0 Å². The number of aryl methyl sites for hydroxylation is 2. The molecule has 0 amide bonds. The molecule has 0 unspecified atom stereocenters. The van der Waals surface area contributed by atoms with Crippen molar-refractivity contribution in [3.05, 3.63) is 28.1 Å². The molecule has 2 heterocycles. The summed E-state index contributed by atoms with van der Waals surface area (Å²) in [5.74, 6) is 0.921. The summed E-state index contributed by atoms with van der Waals surface area (Å²) in [6.07, 6.45) is 3.98. The minimum absolute atomic E-state index is 0.921. The van der Waals surface area contributed by atoms with E-state index in [0.29, 0.717) is 0 Å². The molecule has 0 spiro atoms. The molecule has 2 aromatic heterocycles. The van der Waals surface area contributed by atoms with Crippen molar-refractivity contribution in [3.8, 4) is 0 Å². The second kappa shape index (κ2) is 3.69. The number of fused-ring (bicyclic) bond motifs is 1. The summed E-state index contributed by atoms with van der Waals surface area (Å²) in [5, 5.41) is 4.38. The second-order valence-electron chi connectivity index (χ2n) is 3.39. The standard InChI is InChI=1S/C10H12BrN3/c1-3-4-9-12-10-5-7(2)8(11)6-14(10)13-9/h5-6H,3-4H2,1-2H3. The third-order valence-corrected chi connectivity index (χ3v) is 2.96. The van der Waals surface area contributed by atoms with Crippen LogP contribution in [0.4, 0.5) is 0 Å². The summed E-state index contributed by atoms with van der Waals surface area (Å²) in [4.78, 5) is 4.44. The molecule has 0 aliphatic carbocycles. The molecule has 2 aromatic rings. The van der Waals surface area contributed by atoms with Gasteiger partial charge in [-0.2, -0.15) is 5.10 Å². The first kappa shape index (κ1) is 9.65. The lowest BCUT2D eigenvalue weighted by Crippen LogP contribution is -1.90. The predicted molar refractivity (Wildman–Crippen MR) is 59.4 cm³/mol. The number of nitrogens with zero attached hydrogens (tertiary/aromatic N) is 3. The molecule has 14 heavy (non-hydrogen) atoms. The Hall–Kier alpha value is -0.900. The normalized spacial score (nSPS) is 11.1. The zero-order chi connectivity index (χ0) is 10.1. The molecule has 0 aromatic carbocycles. The van der Waals surface area contributed by atoms with Gasteiger partial charge >= 0.3 is 0 Å². The fourth-order valence-corrected chi connectivity index (χ4v) is 1.68. The second-order valence-corrected chi connectivity index (χ2v) is 4.24. The Kier molecular flexibility index (Phi) is 2.54. The SMILES string of the molecule is CCCc1nc2cc(C)c(Br)cn2n1. The van der Waals surface area contributed by atoms with Gasteiger partial charge in [0.05, 0.1) is 0 Å². The summed E-state index contributed by atoms with van der Waals surface area (Å²) in [6, 6.07) is 2.04. The van der Waals surface area contributed by atoms with Crippen molar-refractivity contribution >= 4 is 21.6 Å². The molecular weight excluding hydrogens is 242 g/mol. The van der Waals surface area contributed by atoms with Crippen molar-refractivity contribution in [2.45, 2.75) is 26.7 Å². The zero-order valence-electron chi connectivity index (χ0n) is 8.29. The summed E-state index contributed by atoms with van der Waals surface area (Å²) in [5.41, 5.74) is 2.11. The summed E-state index contributed by atoms with van der Waals surface area (Å²) in [7, 11) is 0. The van der Waals surface area contributed by atoms with Crippen LogP contribution in [0.2, 0.25) is 0 Å². The van der Waals surface area contributed by atoms with Crippen molar-refractivity contribution in [2.75, 3.05) is 0 Å². The van der Waals surface area contributed by atoms with Crippen LogP contribution in [0.25, 0.3) is 5.65 Å². The van der Waals surface area contributed by atoms with Gasteiger partial charge in [0.25, 0.3) is 0 Å². The minimum atomic E-state index is 0.921. The van der Waals surface area contributed by atoms with E-state index in [-0.39, 0.29) is 0 Å². The van der Waals surface area contributed by atoms with Gasteiger partial charge in [0.15, 0.2) is 11.5 Å². The van der Waals surface area contributed by atoms with Crippen LogP contribution in [0.5, 0.6) is 0 Å². The van der Waals surface area contributed by atoms with Crippen LogP contribution in [0.15, 0.2) is 16.7 Å². The number of aromatic nitrogens is 3. The van der Waals surface area contributed by atoms with E-state index in [0.717, 1.165) is 28.8 Å². The van der Waals surface area contributed by atoms with E-state index in [1.165, 1.54) is 5.56 Å². The lowest BCUT2D eigenvalue weighted by atomic mass is 10.3. The van der Waals surface area contributed by atoms with Gasteiger partial charge < -0.3 is 0 Å². The molecule has 4 heteroatoms. The van der Waals surface area contributed by atoms with Crippen LogP contribution in [0.3, 0.4) is 0 Å². The average molecular weight is 254 g/mol. The van der Waals surface area contributed by atoms with E-state index in [4.69, 9.17) is 0 Å². The fourth-order valence-electron chi connectivity index (χ4n) is 1.38. The van der Waals surface area contributed by atoms with Gasteiger partial charge in [0.2, 0.25) is 0 Å². The smallest absolute Gasteiger partial charge is 0.155 e. The number of rotatable bonds is 2. The average Bonchev–Trinajstić information content (AvgIpc) is 2.48. The Balaban J connectivity index is 2.54. The lowest BCUT2D eigenvalue weighted by Gasteiger charge is -1.96. The van der Waals surface area contributed by atoms with Crippen molar-refractivity contribution in [3.63, 3.8) is 0 Å². The molecular formula is C10H12BrN3. The van der Waals surface area contributed by atoms with E-state index < -0.39 is 0 Å². The maximum Gasteiger partial charge on any atom is 0.155 e. The molecule has 0 aliphatic heterocycles. The first-order chi connectivity index (χ1) is 6.70. The Morgan fingerprint density at radius 2 is 2.29 bits per heavy atom. The first-order valence-corrected chi connectivity index (χ1v) is 5.51. The Morgan fingerprint density at radius 1 is 1.50 bits per heavy atom. The van der Waals surface area contributed by atoms with E-state index in [9.17, 15) is 0 Å². The Labute approximate surface area is 91.3 Å². The molecule has 0 fully saturated rings. The van der Waals surface area contributed by atoms with Crippen molar-refractivity contribution in [1.82, 2.24) is 14.6 Å². The largest absolute Gasteiger partial charge is 0.220 e. The number of halogens is 1. The number of hydrogen-bond donors (Lipinski definition) is 0. The fraction of sp³-hybridized carbons (Fsp3) is 0.400. The van der Waals surface area contributed by atoms with Crippen LogP contribution in [-0.2, 0) is 6.42 Å². The molecule has 0 saturated carbocycles. The van der Waals surface area contributed by atoms with Gasteiger partial charge in [-0.1, -0.05) is 6.92 Å². The van der Waals surface area contributed by atoms with E-state index >= 15 is 0 Å². The van der Waals surface area contributed by atoms with E-state index in [1.807, 2.05) is 16.8 Å². The van der Waals surface area contributed by atoms with Crippen LogP contribution >= 0.6 is 15.9 Å². The van der Waals surface area contributed by atoms with Crippen LogP contribution in [-0.4, -0.2) is 14.6 Å². The summed E-state index contributed by atoms with van der Waals surface area (Å²) in [6.45, 7) is 4.19. The molecule has 3 nitrogen and oxygen atoms in total. The highest BCUT2D eigenvalue weighted by Crippen LogP contribution is 2.16. The van der Waals surface area contributed by atoms with Crippen LogP contribution < -0.4 is 0 Å². The first-order valence-electron chi connectivity index (χ1n) is 4.72. The maximum absolute atomic E-state index is 4.44. The third-order valence-electron chi connectivity index (χ3n) is 2.13. The number of hydrogen-bond acceptors (Lipinski definition) is 2. The molecule has 0 aliphatic rings. The molecule has 0 saturated heterocycles. The quantitative estimate of drug-likeness (QED) is 0.824. The van der Waals surface area contributed by atoms with Gasteiger partial charge in [0.1, 0.15) is 0 Å². The lowest BCUT2D eigenvalue weighted by molar-refractivity contribution is 0.817. The molecule has 0 atom stereocenters. The Bertz CT molecular complexity index is 423. The number of pyridine rings is 1. The van der Waals surface area contributed by atoms with Crippen molar-refractivity contribution < 1.29 is 0 Å². The molecule has 74 valence electrons. The Morgan fingerprint density at radius 3 is 3.00 bits per heavy atom. The van der Waals surface area contributed by atoms with Gasteiger partial charge in [-0.25, -0.2) is 9.50 Å². The molecule has 0 N–H and O–H groups in total. The highest BCUT2D eigenvalue weighted by atomic mass is 79.9. The van der Waals surface area contributed by atoms with Crippen LogP contribution in [0.1, 0.15) is 24.7 Å². The highest BCUT2D eigenvalue weighted by Gasteiger charge is 2.04. The highest BCUT2D eigenvalue weighted by molar-refractivity contribution is 9.10. The molecule has 2 rings (SSSR count). The molecule has 0 radical (unpaired) electrons. The monoisotopic (exact) mass is 253 g/mol. The van der Waals surface area contributed by atoms with Gasteiger partial charge in [-0.15, -0.1) is 0 Å². The van der Waals surface area contributed by atoms with Gasteiger partial charge in [-0.05, 0) is 40.9 Å². The minimum Gasteiger partial charge on any atom is -0.220 e. The zero-order valence-corrected chi connectivity index (χ0v) is 9.87. The van der Waals surface area contributed by atoms with E-state index in [1.54, 1.807) is 0 Å². The van der Waals surface area contributed by atoms with Gasteiger partial charge in [0, 0.05) is 17.1 Å². The maximum atomic E-state index is 4.44. The third kappa shape index (κ3) is 1.66. The van der Waals surface area contributed by atoms with Crippen molar-refractivity contribution in [1.29, 1.82) is 0 Å². The summed E-state index contributed by atoms with van der Waals surface area (Å²) >= 11 is 3.48.